The van der Waals surface area contributed by atoms with Crippen molar-refractivity contribution in [2.24, 2.45) is 5.92 Å². The highest BCUT2D eigenvalue weighted by molar-refractivity contribution is 7.18. The molecule has 3 amide bonds. The van der Waals surface area contributed by atoms with Gasteiger partial charge in [-0.25, -0.2) is 4.79 Å². The van der Waals surface area contributed by atoms with E-state index in [1.165, 1.54) is 16.9 Å². The van der Waals surface area contributed by atoms with E-state index < -0.39 is 12.1 Å². The van der Waals surface area contributed by atoms with E-state index in [4.69, 9.17) is 11.6 Å². The van der Waals surface area contributed by atoms with Gasteiger partial charge in [0.2, 0.25) is 11.0 Å². The molecule has 0 spiro atoms. The Morgan fingerprint density at radius 3 is 2.39 bits per heavy atom. The van der Waals surface area contributed by atoms with Crippen LogP contribution in [0.5, 0.6) is 0 Å². The molecule has 2 atom stereocenters. The molecule has 33 heavy (non-hydrogen) atoms. The molecule has 1 heterocycles. The second-order valence-electron chi connectivity index (χ2n) is 8.15. The van der Waals surface area contributed by atoms with Crippen molar-refractivity contribution in [1.82, 2.24) is 15.5 Å². The van der Waals surface area contributed by atoms with Gasteiger partial charge in [-0.2, -0.15) is 0 Å². The zero-order valence-electron chi connectivity index (χ0n) is 19.1. The molecule has 3 aromatic rings. The van der Waals surface area contributed by atoms with Gasteiger partial charge in [-0.1, -0.05) is 81.3 Å². The topological polar surface area (TPSA) is 96.0 Å². The summed E-state index contributed by atoms with van der Waals surface area (Å²) in [6, 6.07) is 13.8. The second kappa shape index (κ2) is 11.2. The number of nitrogens with zero attached hydrogens (tertiary/aromatic N) is 2. The normalized spacial score (nSPS) is 12.8. The maximum absolute atomic E-state index is 13.0. The fourth-order valence-corrected chi connectivity index (χ4v) is 4.09. The Hall–Kier alpha value is -2.97. The molecule has 0 saturated heterocycles. The molecule has 0 saturated carbocycles. The van der Waals surface area contributed by atoms with Gasteiger partial charge in [0, 0.05) is 16.3 Å². The van der Waals surface area contributed by atoms with E-state index >= 15 is 0 Å². The van der Waals surface area contributed by atoms with Gasteiger partial charge in [-0.05, 0) is 41.7 Å². The van der Waals surface area contributed by atoms with Crippen molar-refractivity contribution in [3.63, 3.8) is 0 Å². The van der Waals surface area contributed by atoms with Gasteiger partial charge in [0.05, 0.1) is 0 Å². The van der Waals surface area contributed by atoms with Gasteiger partial charge in [-0.3, -0.25) is 10.1 Å². The van der Waals surface area contributed by atoms with Crippen molar-refractivity contribution < 1.29 is 9.59 Å². The minimum absolute atomic E-state index is 0.0839. The van der Waals surface area contributed by atoms with E-state index in [0.29, 0.717) is 33.2 Å². The number of carbonyl (C=O) groups is 2. The van der Waals surface area contributed by atoms with Crippen LogP contribution in [0.15, 0.2) is 48.5 Å². The molecule has 0 fully saturated rings. The molecule has 0 radical (unpaired) electrons. The molecule has 1 aromatic heterocycles. The van der Waals surface area contributed by atoms with Crippen LogP contribution in [0.3, 0.4) is 0 Å². The number of rotatable bonds is 8. The first-order chi connectivity index (χ1) is 15.8. The Kier molecular flexibility index (Phi) is 8.41. The van der Waals surface area contributed by atoms with Crippen molar-refractivity contribution in [2.75, 3.05) is 10.6 Å². The van der Waals surface area contributed by atoms with Crippen LogP contribution in [-0.4, -0.2) is 28.2 Å². The standard InChI is InChI=1S/C24H28ClN5O2S/c1-5-15(4)20(27-23(32)26-19-11-9-16(10-12-19)14(2)3)21(31)28-24-30-29-22(33-24)17-7-6-8-18(25)13-17/h6-15,20H,5H2,1-4H3,(H2,26,27,32)(H,28,30,31)/t15-,20+/m0/s1. The Morgan fingerprint density at radius 2 is 1.76 bits per heavy atom. The van der Waals surface area contributed by atoms with E-state index in [1.54, 1.807) is 12.1 Å². The lowest BCUT2D eigenvalue weighted by Gasteiger charge is -2.23. The highest BCUT2D eigenvalue weighted by atomic mass is 35.5. The summed E-state index contributed by atoms with van der Waals surface area (Å²) in [5.41, 5.74) is 2.67. The number of hydrogen-bond acceptors (Lipinski definition) is 5. The molecule has 2 aromatic carbocycles. The summed E-state index contributed by atoms with van der Waals surface area (Å²) in [5.74, 6) is -0.0195. The summed E-state index contributed by atoms with van der Waals surface area (Å²) in [6.45, 7) is 8.11. The number of anilines is 2. The van der Waals surface area contributed by atoms with Gasteiger partial charge in [0.15, 0.2) is 0 Å². The molecule has 0 bridgehead atoms. The zero-order valence-corrected chi connectivity index (χ0v) is 20.6. The van der Waals surface area contributed by atoms with Crippen LogP contribution in [0, 0.1) is 5.92 Å². The van der Waals surface area contributed by atoms with Crippen molar-refractivity contribution >= 4 is 45.7 Å². The molecule has 3 N–H and O–H groups in total. The molecular formula is C24H28ClN5O2S. The lowest BCUT2D eigenvalue weighted by molar-refractivity contribution is -0.119. The van der Waals surface area contributed by atoms with Crippen molar-refractivity contribution in [1.29, 1.82) is 0 Å². The number of halogens is 1. The predicted octanol–water partition coefficient (Wildman–Crippen LogP) is 6.16. The van der Waals surface area contributed by atoms with Crippen LogP contribution in [0.4, 0.5) is 15.6 Å². The Morgan fingerprint density at radius 1 is 1.03 bits per heavy atom. The monoisotopic (exact) mass is 485 g/mol. The molecule has 9 heteroatoms. The van der Waals surface area contributed by atoms with Crippen molar-refractivity contribution in [3.05, 3.63) is 59.1 Å². The minimum Gasteiger partial charge on any atom is -0.326 e. The highest BCUT2D eigenvalue weighted by Crippen LogP contribution is 2.28. The fourth-order valence-electron chi connectivity index (χ4n) is 3.16. The summed E-state index contributed by atoms with van der Waals surface area (Å²) in [5, 5.41) is 18.2. The first-order valence-electron chi connectivity index (χ1n) is 10.8. The predicted molar refractivity (Wildman–Crippen MR) is 135 cm³/mol. The molecule has 0 aliphatic carbocycles. The lowest BCUT2D eigenvalue weighted by Crippen LogP contribution is -2.49. The van der Waals surface area contributed by atoms with Gasteiger partial charge in [0.1, 0.15) is 11.0 Å². The van der Waals surface area contributed by atoms with Crippen LogP contribution in [-0.2, 0) is 4.79 Å². The van der Waals surface area contributed by atoms with Crippen molar-refractivity contribution in [2.45, 2.75) is 46.1 Å². The number of hydrogen-bond donors (Lipinski definition) is 3. The molecule has 174 valence electrons. The summed E-state index contributed by atoms with van der Waals surface area (Å²) < 4.78 is 0. The molecule has 7 nitrogen and oxygen atoms in total. The Balaban J connectivity index is 1.65. The fraction of sp³-hybridized carbons (Fsp3) is 0.333. The maximum Gasteiger partial charge on any atom is 0.319 e. The Bertz CT molecular complexity index is 1100. The molecule has 0 aliphatic heterocycles. The van der Waals surface area contributed by atoms with Crippen LogP contribution < -0.4 is 16.0 Å². The van der Waals surface area contributed by atoms with Gasteiger partial charge in [-0.15, -0.1) is 10.2 Å². The summed E-state index contributed by atoms with van der Waals surface area (Å²) in [7, 11) is 0. The number of nitrogens with one attached hydrogen (secondary N) is 3. The third-order valence-electron chi connectivity index (χ3n) is 5.34. The van der Waals surface area contributed by atoms with Crippen LogP contribution in [0.25, 0.3) is 10.6 Å². The third-order valence-corrected chi connectivity index (χ3v) is 6.47. The summed E-state index contributed by atoms with van der Waals surface area (Å²) >= 11 is 7.29. The summed E-state index contributed by atoms with van der Waals surface area (Å²) in [6.07, 6.45) is 0.714. The molecule has 0 aliphatic rings. The van der Waals surface area contributed by atoms with E-state index in [9.17, 15) is 9.59 Å². The number of carbonyl (C=O) groups excluding carboxylic acids is 2. The highest BCUT2D eigenvalue weighted by Gasteiger charge is 2.27. The van der Waals surface area contributed by atoms with Gasteiger partial charge in [0.25, 0.3) is 0 Å². The number of aromatic nitrogens is 2. The molecule has 0 unspecified atom stereocenters. The number of urea groups is 1. The smallest absolute Gasteiger partial charge is 0.319 e. The first-order valence-corrected chi connectivity index (χ1v) is 12.0. The Labute approximate surface area is 203 Å². The third kappa shape index (κ3) is 6.76. The quantitative estimate of drug-likeness (QED) is 0.356. The van der Waals surface area contributed by atoms with Crippen LogP contribution >= 0.6 is 22.9 Å². The lowest BCUT2D eigenvalue weighted by atomic mass is 9.98. The van der Waals surface area contributed by atoms with Crippen LogP contribution in [0.2, 0.25) is 5.02 Å². The van der Waals surface area contributed by atoms with E-state index in [1.807, 2.05) is 50.2 Å². The van der Waals surface area contributed by atoms with Crippen LogP contribution in [0.1, 0.15) is 45.6 Å². The average molecular weight is 486 g/mol. The number of benzene rings is 2. The number of amides is 3. The van der Waals surface area contributed by atoms with E-state index in [0.717, 1.165) is 5.56 Å². The van der Waals surface area contributed by atoms with Gasteiger partial charge < -0.3 is 10.6 Å². The molecule has 3 rings (SSSR count). The largest absolute Gasteiger partial charge is 0.326 e. The van der Waals surface area contributed by atoms with E-state index in [-0.39, 0.29) is 11.8 Å². The molecular weight excluding hydrogens is 458 g/mol. The second-order valence-corrected chi connectivity index (χ2v) is 9.56. The summed E-state index contributed by atoms with van der Waals surface area (Å²) in [4.78, 5) is 25.6. The SMILES string of the molecule is CC[C@H](C)[C@@H](NC(=O)Nc1ccc(C(C)C)cc1)C(=O)Nc1nnc(-c2cccc(Cl)c2)s1. The van der Waals surface area contributed by atoms with E-state index in [2.05, 4.69) is 40.0 Å². The van der Waals surface area contributed by atoms with Gasteiger partial charge >= 0.3 is 6.03 Å². The maximum atomic E-state index is 13.0. The average Bonchev–Trinajstić information content (AvgIpc) is 3.25. The first kappa shape index (κ1) is 24.7. The van der Waals surface area contributed by atoms with Crippen molar-refractivity contribution in [3.8, 4) is 10.6 Å². The zero-order chi connectivity index (χ0) is 24.0. The minimum atomic E-state index is -0.733.